The van der Waals surface area contributed by atoms with Crippen LogP contribution < -0.4 is 0 Å². The first kappa shape index (κ1) is 20.6. The van der Waals surface area contributed by atoms with Gasteiger partial charge in [0.2, 0.25) is 5.91 Å². The molecule has 1 aromatic rings. The van der Waals surface area contributed by atoms with Crippen LogP contribution in [0.5, 0.6) is 0 Å². The van der Waals surface area contributed by atoms with Crippen LogP contribution in [-0.4, -0.2) is 35.8 Å². The molecule has 0 aromatic heterocycles. The van der Waals surface area contributed by atoms with E-state index in [0.29, 0.717) is 25.1 Å². The number of nitrogens with zero attached hydrogens (tertiary/aromatic N) is 1. The molecule has 1 saturated heterocycles. The highest BCUT2D eigenvalue weighted by Gasteiger charge is 2.32. The van der Waals surface area contributed by atoms with Gasteiger partial charge in [-0.1, -0.05) is 25.0 Å². The number of esters is 1. The van der Waals surface area contributed by atoms with E-state index in [0.717, 1.165) is 34.8 Å². The number of amides is 2. The van der Waals surface area contributed by atoms with Crippen molar-refractivity contribution in [3.05, 3.63) is 39.0 Å². The van der Waals surface area contributed by atoms with Crippen LogP contribution in [0.3, 0.4) is 0 Å². The first-order chi connectivity index (χ1) is 12.5. The fourth-order valence-corrected chi connectivity index (χ4v) is 3.45. The summed E-state index contributed by atoms with van der Waals surface area (Å²) >= 11 is 2.22. The summed E-state index contributed by atoms with van der Waals surface area (Å²) in [5, 5.41) is 0. The largest absolute Gasteiger partial charge is 0.466 e. The number of carbonyl (C=O) groups is 3. The number of halogens is 1. The SMILES string of the molecule is CCOC(=O)CCCCCCN1C(=O)CC(=Cc2cccc(I)c2)C1=O. The van der Waals surface area contributed by atoms with Crippen LogP contribution in [-0.2, 0) is 19.1 Å². The van der Waals surface area contributed by atoms with Crippen LogP contribution in [0, 0.1) is 3.57 Å². The number of hydrogen-bond donors (Lipinski definition) is 0. The van der Waals surface area contributed by atoms with Gasteiger partial charge >= 0.3 is 5.97 Å². The van der Waals surface area contributed by atoms with Gasteiger partial charge in [-0.2, -0.15) is 0 Å². The second-order valence-corrected chi connectivity index (χ2v) is 7.47. The van der Waals surface area contributed by atoms with Crippen molar-refractivity contribution in [2.75, 3.05) is 13.2 Å². The van der Waals surface area contributed by atoms with Crippen LogP contribution in [0.25, 0.3) is 6.08 Å². The lowest BCUT2D eigenvalue weighted by atomic mass is 10.1. The van der Waals surface area contributed by atoms with E-state index >= 15 is 0 Å². The third kappa shape index (κ3) is 6.23. The Bertz CT molecular complexity index is 699. The predicted octanol–water partition coefficient (Wildman–Crippen LogP) is 3.95. The van der Waals surface area contributed by atoms with E-state index in [2.05, 4.69) is 22.6 Å². The Morgan fingerprint density at radius 2 is 2.00 bits per heavy atom. The summed E-state index contributed by atoms with van der Waals surface area (Å²) in [6.45, 7) is 2.65. The molecule has 1 fully saturated rings. The van der Waals surface area contributed by atoms with Crippen molar-refractivity contribution in [3.63, 3.8) is 0 Å². The summed E-state index contributed by atoms with van der Waals surface area (Å²) in [6, 6.07) is 7.83. The number of hydrogen-bond acceptors (Lipinski definition) is 4. The minimum atomic E-state index is -0.180. The van der Waals surface area contributed by atoms with E-state index in [1.165, 1.54) is 4.90 Å². The van der Waals surface area contributed by atoms with Gasteiger partial charge in [-0.05, 0) is 66.1 Å². The fraction of sp³-hybridized carbons (Fsp3) is 0.450. The molecule has 6 heteroatoms. The molecule has 1 aromatic carbocycles. The molecule has 0 N–H and O–H groups in total. The Hall–Kier alpha value is -1.70. The Kier molecular flexibility index (Phi) is 8.28. The van der Waals surface area contributed by atoms with Crippen LogP contribution in [0.2, 0.25) is 0 Å². The molecule has 140 valence electrons. The van der Waals surface area contributed by atoms with Gasteiger partial charge in [0.15, 0.2) is 0 Å². The predicted molar refractivity (Wildman–Crippen MR) is 108 cm³/mol. The smallest absolute Gasteiger partial charge is 0.305 e. The molecule has 26 heavy (non-hydrogen) atoms. The van der Waals surface area contributed by atoms with Crippen LogP contribution in [0.15, 0.2) is 29.8 Å². The molecule has 0 spiro atoms. The van der Waals surface area contributed by atoms with Crippen molar-refractivity contribution >= 4 is 46.5 Å². The van der Waals surface area contributed by atoms with Crippen molar-refractivity contribution in [3.8, 4) is 0 Å². The quantitative estimate of drug-likeness (QED) is 0.181. The van der Waals surface area contributed by atoms with Gasteiger partial charge in [-0.25, -0.2) is 0 Å². The first-order valence-corrected chi connectivity index (χ1v) is 10.1. The molecule has 0 bridgehead atoms. The molecule has 0 saturated carbocycles. The third-order valence-corrected chi connectivity index (χ3v) is 4.84. The summed E-state index contributed by atoms with van der Waals surface area (Å²) in [4.78, 5) is 37.2. The number of benzene rings is 1. The van der Waals surface area contributed by atoms with Gasteiger partial charge in [0.25, 0.3) is 5.91 Å². The third-order valence-electron chi connectivity index (χ3n) is 4.17. The monoisotopic (exact) mass is 469 g/mol. The highest BCUT2D eigenvalue weighted by Crippen LogP contribution is 2.23. The van der Waals surface area contributed by atoms with E-state index in [4.69, 9.17) is 4.74 Å². The average Bonchev–Trinajstić information content (AvgIpc) is 2.85. The highest BCUT2D eigenvalue weighted by molar-refractivity contribution is 14.1. The minimum Gasteiger partial charge on any atom is -0.466 e. The van der Waals surface area contributed by atoms with Crippen molar-refractivity contribution in [1.82, 2.24) is 4.90 Å². The second kappa shape index (κ2) is 10.4. The minimum absolute atomic E-state index is 0.126. The number of imide groups is 1. The number of likely N-dealkylation sites (tertiary alicyclic amines) is 1. The van der Waals surface area contributed by atoms with Crippen molar-refractivity contribution in [2.24, 2.45) is 0 Å². The Balaban J connectivity index is 1.77. The summed E-state index contributed by atoms with van der Waals surface area (Å²) in [7, 11) is 0. The van der Waals surface area contributed by atoms with E-state index < -0.39 is 0 Å². The molecular formula is C20H24INO4. The van der Waals surface area contributed by atoms with Gasteiger partial charge < -0.3 is 4.74 Å². The Labute approximate surface area is 167 Å². The zero-order chi connectivity index (χ0) is 18.9. The maximum Gasteiger partial charge on any atom is 0.305 e. The van der Waals surface area contributed by atoms with Crippen LogP contribution in [0.4, 0.5) is 0 Å². The fourth-order valence-electron chi connectivity index (χ4n) is 2.88. The molecule has 0 unspecified atom stereocenters. The van der Waals surface area contributed by atoms with Gasteiger partial charge in [-0.15, -0.1) is 0 Å². The lowest BCUT2D eigenvalue weighted by molar-refractivity contribution is -0.143. The zero-order valence-electron chi connectivity index (χ0n) is 15.0. The van der Waals surface area contributed by atoms with E-state index in [1.807, 2.05) is 30.3 Å². The van der Waals surface area contributed by atoms with E-state index in [-0.39, 0.29) is 24.2 Å². The molecule has 2 rings (SSSR count). The molecule has 1 aliphatic heterocycles. The molecule has 0 aliphatic carbocycles. The molecular weight excluding hydrogens is 445 g/mol. The zero-order valence-corrected chi connectivity index (χ0v) is 17.2. The highest BCUT2D eigenvalue weighted by atomic mass is 127. The van der Waals surface area contributed by atoms with Gasteiger partial charge in [0.05, 0.1) is 13.0 Å². The maximum atomic E-state index is 12.5. The normalized spacial score (nSPS) is 15.8. The Morgan fingerprint density at radius 3 is 2.73 bits per heavy atom. The van der Waals surface area contributed by atoms with Crippen molar-refractivity contribution in [1.29, 1.82) is 0 Å². The number of rotatable bonds is 9. The van der Waals surface area contributed by atoms with Crippen molar-refractivity contribution < 1.29 is 19.1 Å². The lowest BCUT2D eigenvalue weighted by Gasteiger charge is -2.13. The first-order valence-electron chi connectivity index (χ1n) is 8.97. The van der Waals surface area contributed by atoms with Crippen LogP contribution >= 0.6 is 22.6 Å². The van der Waals surface area contributed by atoms with Crippen molar-refractivity contribution in [2.45, 2.75) is 45.4 Å². The molecule has 2 amide bonds. The van der Waals surface area contributed by atoms with E-state index in [1.54, 1.807) is 6.92 Å². The summed E-state index contributed by atoms with van der Waals surface area (Å²) in [5.74, 6) is -0.471. The number of unbranched alkanes of at least 4 members (excludes halogenated alkanes) is 3. The average molecular weight is 469 g/mol. The summed E-state index contributed by atoms with van der Waals surface area (Å²) in [6.07, 6.45) is 5.72. The van der Waals surface area contributed by atoms with E-state index in [9.17, 15) is 14.4 Å². The van der Waals surface area contributed by atoms with Gasteiger partial charge in [-0.3, -0.25) is 19.3 Å². The molecule has 1 heterocycles. The molecule has 1 aliphatic rings. The summed E-state index contributed by atoms with van der Waals surface area (Å²) in [5.41, 5.74) is 1.49. The summed E-state index contributed by atoms with van der Waals surface area (Å²) < 4.78 is 5.97. The molecule has 0 atom stereocenters. The van der Waals surface area contributed by atoms with Gasteiger partial charge in [0, 0.05) is 22.1 Å². The second-order valence-electron chi connectivity index (χ2n) is 6.22. The molecule has 5 nitrogen and oxygen atoms in total. The maximum absolute atomic E-state index is 12.5. The van der Waals surface area contributed by atoms with Gasteiger partial charge in [0.1, 0.15) is 0 Å². The number of carbonyl (C=O) groups excluding carboxylic acids is 3. The molecule has 0 radical (unpaired) electrons. The number of ether oxygens (including phenoxy) is 1. The Morgan fingerprint density at radius 1 is 1.23 bits per heavy atom. The van der Waals surface area contributed by atoms with Crippen LogP contribution in [0.1, 0.15) is 51.0 Å². The topological polar surface area (TPSA) is 63.7 Å². The lowest BCUT2D eigenvalue weighted by Crippen LogP contribution is -2.30. The standard InChI is InChI=1S/C20H24INO4/c1-2-26-19(24)10-5-3-4-6-11-22-18(23)14-16(20(22)25)12-15-8-7-9-17(21)13-15/h7-9,12-13H,2-6,10-11,14H2,1H3.